The minimum Gasteiger partial charge on any atom is -0.459 e. The predicted molar refractivity (Wildman–Crippen MR) is 105 cm³/mol. The standard InChI is InChI=1S/C21H26N4O3/c26-20(17-6-4-12-25(17)21(27)18-7-5-13-28-18)23-15-16-8-9-19(22-14-16)24-10-2-1-3-11-24/h5,7-9,13-14,17H,1-4,6,10-12,15H2,(H,23,26). The molecule has 0 bridgehead atoms. The number of nitrogens with one attached hydrogen (secondary N) is 1. The molecule has 0 spiro atoms. The number of hydrogen-bond donors (Lipinski definition) is 1. The molecular formula is C21H26N4O3. The van der Waals surface area contributed by atoms with Crippen molar-refractivity contribution >= 4 is 17.6 Å². The normalized spacial score (nSPS) is 19.6. The van der Waals surface area contributed by atoms with E-state index in [1.807, 2.05) is 18.3 Å². The van der Waals surface area contributed by atoms with E-state index in [-0.39, 0.29) is 17.6 Å². The summed E-state index contributed by atoms with van der Waals surface area (Å²) >= 11 is 0. The molecule has 28 heavy (non-hydrogen) atoms. The molecule has 2 saturated heterocycles. The molecule has 0 radical (unpaired) electrons. The van der Waals surface area contributed by atoms with Gasteiger partial charge in [-0.05, 0) is 55.9 Å². The molecule has 2 aromatic heterocycles. The van der Waals surface area contributed by atoms with Crippen molar-refractivity contribution in [2.45, 2.75) is 44.7 Å². The minimum atomic E-state index is -0.446. The van der Waals surface area contributed by atoms with Gasteiger partial charge in [-0.2, -0.15) is 0 Å². The molecule has 4 heterocycles. The fourth-order valence-electron chi connectivity index (χ4n) is 3.96. The van der Waals surface area contributed by atoms with Gasteiger partial charge in [0.2, 0.25) is 5.91 Å². The lowest BCUT2D eigenvalue weighted by atomic mass is 10.1. The number of carbonyl (C=O) groups excluding carboxylic acids is 2. The van der Waals surface area contributed by atoms with E-state index in [4.69, 9.17) is 4.42 Å². The van der Waals surface area contributed by atoms with Crippen LogP contribution >= 0.6 is 0 Å². The molecule has 148 valence electrons. The molecule has 1 unspecified atom stereocenters. The first-order chi connectivity index (χ1) is 13.7. The molecule has 4 rings (SSSR count). The number of pyridine rings is 1. The van der Waals surface area contributed by atoms with Gasteiger partial charge in [-0.25, -0.2) is 4.98 Å². The van der Waals surface area contributed by atoms with Gasteiger partial charge in [-0.1, -0.05) is 6.07 Å². The first-order valence-electron chi connectivity index (χ1n) is 10.0. The van der Waals surface area contributed by atoms with E-state index in [2.05, 4.69) is 15.2 Å². The second-order valence-electron chi connectivity index (χ2n) is 7.42. The van der Waals surface area contributed by atoms with Crippen molar-refractivity contribution < 1.29 is 14.0 Å². The number of piperidine rings is 1. The molecule has 2 fully saturated rings. The second kappa shape index (κ2) is 8.46. The Morgan fingerprint density at radius 3 is 2.68 bits per heavy atom. The predicted octanol–water partition coefficient (Wildman–Crippen LogP) is 2.59. The number of nitrogens with zero attached hydrogens (tertiary/aromatic N) is 3. The van der Waals surface area contributed by atoms with Crippen LogP contribution in [0.25, 0.3) is 0 Å². The first kappa shape index (κ1) is 18.5. The highest BCUT2D eigenvalue weighted by Crippen LogP contribution is 2.21. The summed E-state index contributed by atoms with van der Waals surface area (Å²) in [6.07, 6.45) is 8.51. The fourth-order valence-corrected chi connectivity index (χ4v) is 3.96. The average molecular weight is 382 g/mol. The van der Waals surface area contributed by atoms with Crippen LogP contribution in [0.2, 0.25) is 0 Å². The highest BCUT2D eigenvalue weighted by Gasteiger charge is 2.35. The molecule has 2 amide bonds. The van der Waals surface area contributed by atoms with Crippen LogP contribution in [0.5, 0.6) is 0 Å². The maximum absolute atomic E-state index is 12.7. The maximum atomic E-state index is 12.7. The molecule has 1 atom stereocenters. The Bertz CT molecular complexity index is 798. The summed E-state index contributed by atoms with van der Waals surface area (Å²) in [7, 11) is 0. The summed E-state index contributed by atoms with van der Waals surface area (Å²) in [6, 6.07) is 6.90. The van der Waals surface area contributed by atoms with Crippen LogP contribution in [0.4, 0.5) is 5.82 Å². The molecule has 0 aromatic carbocycles. The lowest BCUT2D eigenvalue weighted by Gasteiger charge is -2.27. The third kappa shape index (κ3) is 4.03. The Kier molecular flexibility index (Phi) is 5.60. The number of likely N-dealkylation sites (tertiary alicyclic amines) is 1. The van der Waals surface area contributed by atoms with Gasteiger partial charge < -0.3 is 19.5 Å². The Labute approximate surface area is 164 Å². The van der Waals surface area contributed by atoms with Crippen LogP contribution in [0, 0.1) is 0 Å². The van der Waals surface area contributed by atoms with E-state index >= 15 is 0 Å². The van der Waals surface area contributed by atoms with Crippen molar-refractivity contribution in [1.82, 2.24) is 15.2 Å². The minimum absolute atomic E-state index is 0.127. The van der Waals surface area contributed by atoms with Crippen molar-refractivity contribution in [3.63, 3.8) is 0 Å². The van der Waals surface area contributed by atoms with Crippen LogP contribution in [0.1, 0.15) is 48.2 Å². The van der Waals surface area contributed by atoms with E-state index in [0.29, 0.717) is 19.5 Å². The Balaban J connectivity index is 1.32. The van der Waals surface area contributed by atoms with Gasteiger partial charge in [-0.15, -0.1) is 0 Å². The van der Waals surface area contributed by atoms with Gasteiger partial charge in [0.15, 0.2) is 5.76 Å². The smallest absolute Gasteiger partial charge is 0.290 e. The molecule has 2 aliphatic rings. The highest BCUT2D eigenvalue weighted by molar-refractivity contribution is 5.95. The summed E-state index contributed by atoms with van der Waals surface area (Å²) in [6.45, 7) is 3.10. The van der Waals surface area contributed by atoms with Crippen molar-refractivity contribution in [2.75, 3.05) is 24.5 Å². The van der Waals surface area contributed by atoms with Crippen LogP contribution in [0.3, 0.4) is 0 Å². The Morgan fingerprint density at radius 2 is 1.96 bits per heavy atom. The van der Waals surface area contributed by atoms with Crippen molar-refractivity contribution in [1.29, 1.82) is 0 Å². The number of amides is 2. The lowest BCUT2D eigenvalue weighted by Crippen LogP contribution is -2.45. The number of carbonyl (C=O) groups is 2. The number of hydrogen-bond acceptors (Lipinski definition) is 5. The van der Waals surface area contributed by atoms with E-state index in [0.717, 1.165) is 30.9 Å². The molecular weight excluding hydrogens is 356 g/mol. The molecule has 0 aliphatic carbocycles. The zero-order valence-electron chi connectivity index (χ0n) is 16.0. The Morgan fingerprint density at radius 1 is 1.11 bits per heavy atom. The second-order valence-corrected chi connectivity index (χ2v) is 7.42. The summed E-state index contributed by atoms with van der Waals surface area (Å²) < 4.78 is 5.19. The lowest BCUT2D eigenvalue weighted by molar-refractivity contribution is -0.125. The van der Waals surface area contributed by atoms with Gasteiger partial charge in [0.05, 0.1) is 6.26 Å². The van der Waals surface area contributed by atoms with Crippen molar-refractivity contribution in [3.05, 3.63) is 48.0 Å². The summed E-state index contributed by atoms with van der Waals surface area (Å²) in [4.78, 5) is 33.6. The van der Waals surface area contributed by atoms with Gasteiger partial charge >= 0.3 is 0 Å². The van der Waals surface area contributed by atoms with E-state index in [1.165, 1.54) is 25.5 Å². The molecule has 0 saturated carbocycles. The number of rotatable bonds is 5. The van der Waals surface area contributed by atoms with Crippen LogP contribution in [-0.2, 0) is 11.3 Å². The van der Waals surface area contributed by atoms with E-state index in [1.54, 1.807) is 17.0 Å². The van der Waals surface area contributed by atoms with Crippen molar-refractivity contribution in [3.8, 4) is 0 Å². The third-order valence-electron chi connectivity index (χ3n) is 5.50. The van der Waals surface area contributed by atoms with Crippen LogP contribution < -0.4 is 10.2 Å². The van der Waals surface area contributed by atoms with Gasteiger partial charge in [0.1, 0.15) is 11.9 Å². The molecule has 2 aliphatic heterocycles. The highest BCUT2D eigenvalue weighted by atomic mass is 16.3. The SMILES string of the molecule is O=C(NCc1ccc(N2CCCCC2)nc1)C1CCCN1C(=O)c1ccco1. The van der Waals surface area contributed by atoms with E-state index in [9.17, 15) is 9.59 Å². The quantitative estimate of drug-likeness (QED) is 0.860. The van der Waals surface area contributed by atoms with Gasteiger partial charge in [0.25, 0.3) is 5.91 Å². The maximum Gasteiger partial charge on any atom is 0.290 e. The molecule has 7 heteroatoms. The fraction of sp³-hybridized carbons (Fsp3) is 0.476. The number of aromatic nitrogens is 1. The van der Waals surface area contributed by atoms with Crippen molar-refractivity contribution in [2.24, 2.45) is 0 Å². The van der Waals surface area contributed by atoms with Crippen LogP contribution in [-0.4, -0.2) is 47.4 Å². The topological polar surface area (TPSA) is 78.7 Å². The number of furan rings is 1. The molecule has 2 aromatic rings. The number of anilines is 1. The van der Waals surface area contributed by atoms with Gasteiger partial charge in [-0.3, -0.25) is 9.59 Å². The van der Waals surface area contributed by atoms with Crippen LogP contribution in [0.15, 0.2) is 41.1 Å². The molecule has 7 nitrogen and oxygen atoms in total. The average Bonchev–Trinajstić information content (AvgIpc) is 3.45. The Hall–Kier alpha value is -2.83. The largest absolute Gasteiger partial charge is 0.459 e. The monoisotopic (exact) mass is 382 g/mol. The zero-order chi connectivity index (χ0) is 19.3. The summed E-state index contributed by atoms with van der Waals surface area (Å²) in [5, 5.41) is 2.95. The summed E-state index contributed by atoms with van der Waals surface area (Å²) in [5.74, 6) is 0.922. The van der Waals surface area contributed by atoms with E-state index < -0.39 is 6.04 Å². The first-order valence-corrected chi connectivity index (χ1v) is 10.0. The molecule has 1 N–H and O–H groups in total. The zero-order valence-corrected chi connectivity index (χ0v) is 16.0. The third-order valence-corrected chi connectivity index (χ3v) is 5.50. The summed E-state index contributed by atoms with van der Waals surface area (Å²) in [5.41, 5.74) is 0.955. The van der Waals surface area contributed by atoms with Gasteiger partial charge in [0, 0.05) is 32.4 Å².